The van der Waals surface area contributed by atoms with Gasteiger partial charge in [-0.3, -0.25) is 0 Å². The Kier molecular flexibility index (Phi) is 4.29. The Balaban J connectivity index is 1.99. The van der Waals surface area contributed by atoms with Gasteiger partial charge in [-0.25, -0.2) is 18.3 Å². The normalized spacial score (nSPS) is 12.1. The van der Waals surface area contributed by atoms with E-state index in [1.165, 1.54) is 33.7 Å². The van der Waals surface area contributed by atoms with Crippen LogP contribution in [0, 0.1) is 0 Å². The van der Waals surface area contributed by atoms with E-state index in [0.717, 1.165) is 6.42 Å². The number of rotatable bonds is 4. The second-order valence-corrected chi connectivity index (χ2v) is 8.03. The average molecular weight is 363 g/mol. The summed E-state index contributed by atoms with van der Waals surface area (Å²) in [7, 11) is 4.39. The molecule has 27 heavy (non-hydrogen) atoms. The van der Waals surface area contributed by atoms with E-state index in [1.807, 2.05) is 0 Å². The van der Waals surface area contributed by atoms with Crippen LogP contribution in [-0.2, 0) is 20.5 Å². The maximum atomic E-state index is 2.48. The Hall–Kier alpha value is -2.62. The fraction of sp³-hybridized carbons (Fsp3) is 0.391. The third-order valence-corrected chi connectivity index (χ3v) is 5.68. The van der Waals surface area contributed by atoms with Crippen molar-refractivity contribution in [3.05, 3.63) is 60.2 Å². The molecule has 0 unspecified atom stereocenters. The summed E-state index contributed by atoms with van der Waals surface area (Å²) < 4.78 is 9.69. The molecule has 0 radical (unpaired) electrons. The summed E-state index contributed by atoms with van der Waals surface area (Å²) in [6.45, 7) is 9.09. The van der Waals surface area contributed by atoms with Gasteiger partial charge in [-0.15, -0.1) is 0 Å². The van der Waals surface area contributed by atoms with Crippen LogP contribution < -0.4 is 9.13 Å². The van der Waals surface area contributed by atoms with Gasteiger partial charge in [0.05, 0.1) is 26.2 Å². The fourth-order valence-corrected chi connectivity index (χ4v) is 4.48. The molecular formula is C23H30N4+2. The van der Waals surface area contributed by atoms with Crippen LogP contribution in [0.4, 0.5) is 0 Å². The average Bonchev–Trinajstić information content (AvgIpc) is 3.09. The van der Waals surface area contributed by atoms with Crippen molar-refractivity contribution in [2.75, 3.05) is 0 Å². The van der Waals surface area contributed by atoms with E-state index in [-0.39, 0.29) is 0 Å². The number of hydrogen-bond donors (Lipinski definition) is 0. The van der Waals surface area contributed by atoms with Gasteiger partial charge in [-0.1, -0.05) is 24.3 Å². The van der Waals surface area contributed by atoms with Crippen molar-refractivity contribution >= 4 is 22.1 Å². The van der Waals surface area contributed by atoms with Crippen LogP contribution in [0.15, 0.2) is 48.5 Å². The number of aromatic nitrogens is 4. The van der Waals surface area contributed by atoms with Gasteiger partial charge in [0.2, 0.25) is 0 Å². The highest BCUT2D eigenvalue weighted by atomic mass is 15.2. The zero-order chi connectivity index (χ0) is 19.3. The molecule has 2 aromatic heterocycles. The first kappa shape index (κ1) is 17.8. The standard InChI is InChI=1S/C23H30N4/c1-16(2)26-20-13-9-7-11-18(20)24(5)22(26)15-23-25(6)19-12-8-10-14-21(19)27(23)17(3)4/h7-14,16-17H,15H2,1-6H3/q+2. The smallest absolute Gasteiger partial charge is 0.229 e. The number of hydrogen-bond acceptors (Lipinski definition) is 0. The molecule has 2 heterocycles. The molecule has 0 fully saturated rings. The Morgan fingerprint density at radius 2 is 1.04 bits per heavy atom. The molecule has 0 spiro atoms. The lowest BCUT2D eigenvalue weighted by Gasteiger charge is -2.08. The minimum Gasteiger partial charge on any atom is -0.229 e. The van der Waals surface area contributed by atoms with E-state index in [0.29, 0.717) is 12.1 Å². The molecule has 4 nitrogen and oxygen atoms in total. The quantitative estimate of drug-likeness (QED) is 0.489. The third kappa shape index (κ3) is 2.66. The maximum absolute atomic E-state index is 2.48. The maximum Gasteiger partial charge on any atom is 0.269 e. The lowest BCUT2D eigenvalue weighted by atomic mass is 10.2. The molecule has 0 amide bonds. The van der Waals surface area contributed by atoms with E-state index in [4.69, 9.17) is 0 Å². The Morgan fingerprint density at radius 3 is 1.41 bits per heavy atom. The van der Waals surface area contributed by atoms with E-state index in [1.54, 1.807) is 0 Å². The SMILES string of the molecule is CC(C)n1c(Cc2n(C(C)C)c3ccccc3[n+]2C)[n+](C)c2ccccc21. The second-order valence-electron chi connectivity index (χ2n) is 8.03. The minimum atomic E-state index is 0.410. The topological polar surface area (TPSA) is 17.6 Å². The molecule has 4 heteroatoms. The number of benzene rings is 2. The molecule has 2 aromatic carbocycles. The monoisotopic (exact) mass is 362 g/mol. The zero-order valence-corrected chi connectivity index (χ0v) is 17.3. The highest BCUT2D eigenvalue weighted by Gasteiger charge is 2.31. The molecule has 0 aliphatic carbocycles. The first-order valence-corrected chi connectivity index (χ1v) is 9.87. The van der Waals surface area contributed by atoms with E-state index >= 15 is 0 Å². The van der Waals surface area contributed by atoms with Crippen LogP contribution >= 0.6 is 0 Å². The summed E-state index contributed by atoms with van der Waals surface area (Å²) in [5, 5.41) is 0. The fourth-order valence-electron chi connectivity index (χ4n) is 4.48. The van der Waals surface area contributed by atoms with Gasteiger partial charge in [-0.2, -0.15) is 0 Å². The van der Waals surface area contributed by atoms with E-state index in [2.05, 4.69) is 109 Å². The van der Waals surface area contributed by atoms with Crippen LogP contribution in [-0.4, -0.2) is 9.13 Å². The van der Waals surface area contributed by atoms with Gasteiger partial charge in [-0.05, 0) is 52.0 Å². The van der Waals surface area contributed by atoms with Crippen molar-refractivity contribution in [2.45, 2.75) is 46.2 Å². The van der Waals surface area contributed by atoms with Crippen molar-refractivity contribution in [1.29, 1.82) is 0 Å². The third-order valence-electron chi connectivity index (χ3n) is 5.68. The summed E-state index contributed by atoms with van der Waals surface area (Å²) in [4.78, 5) is 0. The van der Waals surface area contributed by atoms with Crippen molar-refractivity contribution in [2.24, 2.45) is 14.1 Å². The highest BCUT2D eigenvalue weighted by molar-refractivity contribution is 5.73. The van der Waals surface area contributed by atoms with Crippen molar-refractivity contribution < 1.29 is 9.13 Å². The minimum absolute atomic E-state index is 0.410. The molecule has 0 saturated carbocycles. The van der Waals surface area contributed by atoms with Crippen molar-refractivity contribution in [1.82, 2.24) is 9.13 Å². The van der Waals surface area contributed by atoms with Crippen LogP contribution in [0.25, 0.3) is 22.1 Å². The zero-order valence-electron chi connectivity index (χ0n) is 17.3. The van der Waals surface area contributed by atoms with E-state index in [9.17, 15) is 0 Å². The van der Waals surface area contributed by atoms with Crippen LogP contribution in [0.1, 0.15) is 51.4 Å². The van der Waals surface area contributed by atoms with Gasteiger partial charge >= 0.3 is 0 Å². The summed E-state index contributed by atoms with van der Waals surface area (Å²) in [5.74, 6) is 2.68. The second kappa shape index (κ2) is 6.52. The lowest BCUT2D eigenvalue weighted by molar-refractivity contribution is -0.667. The predicted molar refractivity (Wildman–Crippen MR) is 110 cm³/mol. The Labute approximate surface area is 161 Å². The molecule has 0 atom stereocenters. The Morgan fingerprint density at radius 1 is 0.667 bits per heavy atom. The summed E-state index contributed by atoms with van der Waals surface area (Å²) >= 11 is 0. The highest BCUT2D eigenvalue weighted by Crippen LogP contribution is 2.24. The van der Waals surface area contributed by atoms with Crippen molar-refractivity contribution in [3.8, 4) is 0 Å². The van der Waals surface area contributed by atoms with Gasteiger partial charge in [0.1, 0.15) is 0 Å². The van der Waals surface area contributed by atoms with Crippen LogP contribution in [0.2, 0.25) is 0 Å². The predicted octanol–water partition coefficient (Wildman–Crippen LogP) is 4.00. The Bertz CT molecular complexity index is 1040. The van der Waals surface area contributed by atoms with E-state index < -0.39 is 0 Å². The molecule has 0 aliphatic rings. The van der Waals surface area contributed by atoms with Gasteiger partial charge in [0.15, 0.2) is 28.5 Å². The van der Waals surface area contributed by atoms with Gasteiger partial charge in [0.25, 0.3) is 11.6 Å². The lowest BCUT2D eigenvalue weighted by Crippen LogP contribution is -2.39. The summed E-state index contributed by atoms with van der Waals surface area (Å²) in [5.41, 5.74) is 5.19. The molecule has 0 aliphatic heterocycles. The molecule has 0 N–H and O–H groups in total. The van der Waals surface area contributed by atoms with Crippen LogP contribution in [0.3, 0.4) is 0 Å². The number of imidazole rings is 2. The summed E-state index contributed by atoms with van der Waals surface area (Å²) in [6, 6.07) is 18.2. The molecule has 4 rings (SSSR count). The molecule has 0 bridgehead atoms. The first-order valence-electron chi connectivity index (χ1n) is 9.87. The number of aryl methyl sites for hydroxylation is 2. The summed E-state index contributed by atoms with van der Waals surface area (Å²) in [6.07, 6.45) is 0.896. The van der Waals surface area contributed by atoms with Crippen LogP contribution in [0.5, 0.6) is 0 Å². The van der Waals surface area contributed by atoms with Gasteiger partial charge < -0.3 is 0 Å². The molecule has 0 saturated heterocycles. The number of nitrogens with zero attached hydrogens (tertiary/aromatic N) is 4. The number of para-hydroxylation sites is 4. The number of fused-ring (bicyclic) bond motifs is 2. The molecule has 140 valence electrons. The van der Waals surface area contributed by atoms with Crippen molar-refractivity contribution in [3.63, 3.8) is 0 Å². The molecule has 4 aromatic rings. The van der Waals surface area contributed by atoms with Gasteiger partial charge in [0, 0.05) is 0 Å². The molecular weight excluding hydrogens is 332 g/mol. The first-order chi connectivity index (χ1) is 12.9. The largest absolute Gasteiger partial charge is 0.269 e.